The highest BCUT2D eigenvalue weighted by molar-refractivity contribution is 5.71. The summed E-state index contributed by atoms with van der Waals surface area (Å²) >= 11 is 0. The molecule has 7 heteroatoms. The van der Waals surface area contributed by atoms with E-state index in [0.717, 1.165) is 51.4 Å². The van der Waals surface area contributed by atoms with Crippen molar-refractivity contribution in [1.29, 1.82) is 0 Å². The molecule has 0 amide bonds. The molecule has 0 rings (SSSR count). The van der Waals surface area contributed by atoms with E-state index in [1.165, 1.54) is 12.8 Å². The predicted octanol–water partition coefficient (Wildman–Crippen LogP) is 3.84. The minimum atomic E-state index is -0.951. The second kappa shape index (κ2) is 15.3. The highest BCUT2D eigenvalue weighted by Gasteiger charge is 2.24. The van der Waals surface area contributed by atoms with Crippen LogP contribution in [0.3, 0.4) is 0 Å². The third-order valence-corrected chi connectivity index (χ3v) is 4.47. The van der Waals surface area contributed by atoms with Gasteiger partial charge in [0.1, 0.15) is 6.54 Å². The van der Waals surface area contributed by atoms with E-state index in [9.17, 15) is 14.4 Å². The number of aliphatic carboxylic acids is 2. The molecule has 164 valence electrons. The summed E-state index contributed by atoms with van der Waals surface area (Å²) in [6, 6.07) is 0. The Balaban J connectivity index is 3.67. The third-order valence-electron chi connectivity index (χ3n) is 4.47. The van der Waals surface area contributed by atoms with Crippen LogP contribution in [0.5, 0.6) is 0 Å². The number of carboxylic acid groups (broad SMARTS) is 2. The van der Waals surface area contributed by atoms with Crippen molar-refractivity contribution in [3.63, 3.8) is 0 Å². The molecule has 0 aliphatic rings. The molecule has 0 aliphatic heterocycles. The van der Waals surface area contributed by atoms with Gasteiger partial charge in [0.05, 0.1) is 27.6 Å². The summed E-state index contributed by atoms with van der Waals surface area (Å²) in [5.74, 6) is -1.97. The van der Waals surface area contributed by atoms with Crippen molar-refractivity contribution in [1.82, 2.24) is 0 Å². The van der Waals surface area contributed by atoms with E-state index < -0.39 is 18.0 Å². The van der Waals surface area contributed by atoms with E-state index in [4.69, 9.17) is 14.9 Å². The molecule has 0 saturated carbocycles. The molecule has 1 unspecified atom stereocenters. The van der Waals surface area contributed by atoms with Crippen LogP contribution >= 0.6 is 0 Å². The van der Waals surface area contributed by atoms with Crippen LogP contribution in [0.4, 0.5) is 0 Å². The van der Waals surface area contributed by atoms with Gasteiger partial charge in [-0.15, -0.1) is 0 Å². The smallest absolute Gasteiger partial charge is 0.307 e. The van der Waals surface area contributed by atoms with Gasteiger partial charge in [0, 0.05) is 12.8 Å². The Morgan fingerprint density at radius 2 is 1.14 bits per heavy atom. The van der Waals surface area contributed by atoms with Crippen LogP contribution in [0, 0.1) is 0 Å². The Bertz CT molecular complexity index is 458. The molecule has 0 aromatic heterocycles. The first-order chi connectivity index (χ1) is 13.1. The molecular weight excluding hydrogens is 362 g/mol. The van der Waals surface area contributed by atoms with Crippen molar-refractivity contribution in [3.8, 4) is 0 Å². The first kappa shape index (κ1) is 26.4. The van der Waals surface area contributed by atoms with Gasteiger partial charge in [0.2, 0.25) is 0 Å². The molecule has 2 N–H and O–H groups in total. The zero-order chi connectivity index (χ0) is 21.4. The monoisotopic (exact) mass is 402 g/mol. The van der Waals surface area contributed by atoms with Gasteiger partial charge in [-0.2, -0.15) is 0 Å². The fourth-order valence-corrected chi connectivity index (χ4v) is 3.15. The minimum Gasteiger partial charge on any atom is -0.481 e. The highest BCUT2D eigenvalue weighted by Crippen LogP contribution is 2.13. The minimum absolute atomic E-state index is 0.155. The van der Waals surface area contributed by atoms with Crippen LogP contribution in [0.15, 0.2) is 0 Å². The molecule has 0 aliphatic carbocycles. The summed E-state index contributed by atoms with van der Waals surface area (Å²) in [4.78, 5) is 33.3. The number of nitrogens with zero attached hydrogens (tertiary/aromatic N) is 1. The number of rotatable bonds is 18. The number of hydrogen-bond acceptors (Lipinski definition) is 4. The van der Waals surface area contributed by atoms with Gasteiger partial charge in [0.15, 0.2) is 6.10 Å². The molecule has 0 aromatic rings. The standard InChI is InChI=1S/C21H39NO6/c1-22(2,3)17-18(16-20(25)26)28-21(27)15-13-11-9-7-5-4-6-8-10-12-14-19(23)24/h18H,4-17H2,1-3H3,(H-,23,24,25,26)/p+1. The molecular formula is C21H40NO6+. The summed E-state index contributed by atoms with van der Waals surface area (Å²) in [7, 11) is 5.83. The Morgan fingerprint density at radius 1 is 0.714 bits per heavy atom. The molecule has 1 atom stereocenters. The first-order valence-corrected chi connectivity index (χ1v) is 10.5. The molecule has 28 heavy (non-hydrogen) atoms. The van der Waals surface area contributed by atoms with Crippen molar-refractivity contribution in [3.05, 3.63) is 0 Å². The Hall–Kier alpha value is -1.63. The maximum atomic E-state index is 12.0. The largest absolute Gasteiger partial charge is 0.481 e. The van der Waals surface area contributed by atoms with Gasteiger partial charge < -0.3 is 19.4 Å². The van der Waals surface area contributed by atoms with E-state index >= 15 is 0 Å². The van der Waals surface area contributed by atoms with Gasteiger partial charge in [-0.05, 0) is 12.8 Å². The summed E-state index contributed by atoms with van der Waals surface area (Å²) < 4.78 is 5.92. The lowest BCUT2D eigenvalue weighted by atomic mass is 10.1. The zero-order valence-corrected chi connectivity index (χ0v) is 18.0. The molecule has 7 nitrogen and oxygen atoms in total. The van der Waals surface area contributed by atoms with E-state index in [2.05, 4.69) is 0 Å². The molecule has 0 bridgehead atoms. The number of likely N-dealkylation sites (N-methyl/N-ethyl adjacent to an activating group) is 1. The van der Waals surface area contributed by atoms with Crippen LogP contribution in [-0.4, -0.2) is 66.4 Å². The zero-order valence-electron chi connectivity index (χ0n) is 18.0. The lowest BCUT2D eigenvalue weighted by molar-refractivity contribution is -0.873. The van der Waals surface area contributed by atoms with Crippen molar-refractivity contribution < 1.29 is 33.8 Å². The summed E-state index contributed by atoms with van der Waals surface area (Å²) in [6.45, 7) is 0.481. The van der Waals surface area contributed by atoms with E-state index in [1.807, 2.05) is 21.1 Å². The van der Waals surface area contributed by atoms with Gasteiger partial charge in [-0.3, -0.25) is 14.4 Å². The van der Waals surface area contributed by atoms with Crippen LogP contribution < -0.4 is 0 Å². The molecule has 0 spiro atoms. The lowest BCUT2D eigenvalue weighted by Crippen LogP contribution is -2.43. The number of esters is 1. The topological polar surface area (TPSA) is 101 Å². The van der Waals surface area contributed by atoms with Gasteiger partial charge in [-0.25, -0.2) is 0 Å². The second-order valence-electron chi connectivity index (χ2n) is 8.61. The van der Waals surface area contributed by atoms with Crippen LogP contribution in [-0.2, 0) is 19.1 Å². The summed E-state index contributed by atoms with van der Waals surface area (Å²) in [5, 5.41) is 17.5. The van der Waals surface area contributed by atoms with Gasteiger partial charge in [0.25, 0.3) is 0 Å². The summed E-state index contributed by atoms with van der Waals surface area (Å²) in [6.07, 6.45) is 10.2. The fourth-order valence-electron chi connectivity index (χ4n) is 3.15. The number of hydrogen-bond donors (Lipinski definition) is 2. The van der Waals surface area contributed by atoms with Gasteiger partial charge in [-0.1, -0.05) is 51.4 Å². The highest BCUT2D eigenvalue weighted by atomic mass is 16.5. The number of unbranched alkanes of at least 4 members (excludes halogenated alkanes) is 9. The maximum Gasteiger partial charge on any atom is 0.307 e. The van der Waals surface area contributed by atoms with Crippen LogP contribution in [0.25, 0.3) is 0 Å². The maximum absolute atomic E-state index is 12.0. The van der Waals surface area contributed by atoms with Crippen molar-refractivity contribution in [2.75, 3.05) is 27.7 Å². The average molecular weight is 403 g/mol. The second-order valence-corrected chi connectivity index (χ2v) is 8.61. The molecule has 0 aromatic carbocycles. The van der Waals surface area contributed by atoms with E-state index in [-0.39, 0.29) is 18.8 Å². The Kier molecular flexibility index (Phi) is 14.4. The van der Waals surface area contributed by atoms with E-state index in [1.54, 1.807) is 0 Å². The lowest BCUT2D eigenvalue weighted by Gasteiger charge is -2.28. The van der Waals surface area contributed by atoms with Crippen LogP contribution in [0.2, 0.25) is 0 Å². The average Bonchev–Trinajstić information content (AvgIpc) is 2.53. The first-order valence-electron chi connectivity index (χ1n) is 10.5. The Labute approximate surface area is 169 Å². The molecule has 0 heterocycles. The molecule has 0 saturated heterocycles. The van der Waals surface area contributed by atoms with E-state index in [0.29, 0.717) is 17.4 Å². The number of carbonyl (C=O) groups is 3. The predicted molar refractivity (Wildman–Crippen MR) is 108 cm³/mol. The normalized spacial score (nSPS) is 12.5. The van der Waals surface area contributed by atoms with Crippen molar-refractivity contribution >= 4 is 17.9 Å². The number of carboxylic acids is 2. The third kappa shape index (κ3) is 19.1. The number of carbonyl (C=O) groups excluding carboxylic acids is 1. The van der Waals surface area contributed by atoms with Crippen LogP contribution in [0.1, 0.15) is 83.5 Å². The van der Waals surface area contributed by atoms with Crippen molar-refractivity contribution in [2.45, 2.75) is 89.6 Å². The quantitative estimate of drug-likeness (QED) is 0.205. The molecule has 0 fully saturated rings. The number of quaternary nitrogens is 1. The van der Waals surface area contributed by atoms with Gasteiger partial charge >= 0.3 is 17.9 Å². The fraction of sp³-hybridized carbons (Fsp3) is 0.857. The molecule has 0 radical (unpaired) electrons. The SMILES string of the molecule is C[N+](C)(C)CC(CC(=O)O)OC(=O)CCCCCCCCCCCCC(=O)O. The number of ether oxygens (including phenoxy) is 1. The summed E-state index contributed by atoms with van der Waals surface area (Å²) in [5.41, 5.74) is 0. The Morgan fingerprint density at radius 3 is 1.54 bits per heavy atom. The van der Waals surface area contributed by atoms with Crippen molar-refractivity contribution in [2.24, 2.45) is 0 Å².